The van der Waals surface area contributed by atoms with E-state index in [9.17, 15) is 19.1 Å². The minimum Gasteiger partial charge on any atom is -0.354 e. The summed E-state index contributed by atoms with van der Waals surface area (Å²) >= 11 is 0. The summed E-state index contributed by atoms with van der Waals surface area (Å²) in [5, 5.41) is 19.5. The molecule has 0 aliphatic carbocycles. The third kappa shape index (κ3) is 5.39. The third-order valence-electron chi connectivity index (χ3n) is 9.15. The molecule has 44 heavy (non-hydrogen) atoms. The zero-order valence-corrected chi connectivity index (χ0v) is 24.3. The summed E-state index contributed by atoms with van der Waals surface area (Å²) in [7, 11) is 0. The van der Waals surface area contributed by atoms with Gasteiger partial charge in [0.1, 0.15) is 23.1 Å². The fourth-order valence-electron chi connectivity index (χ4n) is 6.87. The highest BCUT2D eigenvalue weighted by atomic mass is 19.1. The Labute approximate surface area is 254 Å². The van der Waals surface area contributed by atoms with Crippen LogP contribution in [-0.4, -0.2) is 81.7 Å². The molecule has 3 aliphatic heterocycles. The number of halogens is 1. The van der Waals surface area contributed by atoms with E-state index in [1.807, 2.05) is 40.9 Å². The van der Waals surface area contributed by atoms with E-state index in [2.05, 4.69) is 25.0 Å². The normalized spacial score (nSPS) is 22.0. The standard InChI is InChI=1S/C32H34FN8O3/c33-22-5-1-4-21(18-22)25-7-3-13-40(25)30-11-10-28-34-19-26(41(28)37-30)24-6-2-8-29(35-24)39-16-14-38(15-17-39)27(20-42)23-9-12-31(43)36-32(23)44/h1-2,4-6,8,10-11,18-19,23,25,27H,3,7,9,12-17,20H2,(H,36,43,44)/t23?,25-,27?/m1/s1. The zero-order valence-electron chi connectivity index (χ0n) is 24.3. The van der Waals surface area contributed by atoms with Gasteiger partial charge in [-0.3, -0.25) is 19.8 Å². The largest absolute Gasteiger partial charge is 0.354 e. The molecule has 0 spiro atoms. The second kappa shape index (κ2) is 11.9. The molecule has 3 atom stereocenters. The number of rotatable bonds is 7. The van der Waals surface area contributed by atoms with Crippen LogP contribution < -0.4 is 15.1 Å². The number of piperazine rings is 1. The van der Waals surface area contributed by atoms with Crippen LogP contribution in [0.2, 0.25) is 0 Å². The zero-order chi connectivity index (χ0) is 30.2. The molecule has 1 aromatic carbocycles. The van der Waals surface area contributed by atoms with Crippen molar-refractivity contribution in [2.24, 2.45) is 5.92 Å². The van der Waals surface area contributed by atoms with Gasteiger partial charge in [-0.15, -0.1) is 5.10 Å². The van der Waals surface area contributed by atoms with Gasteiger partial charge in [-0.05, 0) is 61.2 Å². The van der Waals surface area contributed by atoms with E-state index in [1.165, 1.54) is 6.07 Å². The van der Waals surface area contributed by atoms with Crippen molar-refractivity contribution in [1.29, 1.82) is 0 Å². The van der Waals surface area contributed by atoms with Crippen molar-refractivity contribution in [2.75, 3.05) is 49.1 Å². The van der Waals surface area contributed by atoms with Crippen LogP contribution in [-0.2, 0) is 14.7 Å². The lowest BCUT2D eigenvalue weighted by Gasteiger charge is -2.41. The van der Waals surface area contributed by atoms with Crippen LogP contribution in [0.5, 0.6) is 0 Å². The summed E-state index contributed by atoms with van der Waals surface area (Å²) in [4.78, 5) is 40.0. The molecule has 3 aromatic heterocycles. The summed E-state index contributed by atoms with van der Waals surface area (Å²) in [6, 6.07) is 16.2. The number of piperidine rings is 1. The molecule has 3 aliphatic rings. The topological polar surface area (TPSA) is 119 Å². The number of hydrogen-bond acceptors (Lipinski definition) is 8. The highest BCUT2D eigenvalue weighted by Crippen LogP contribution is 2.36. The van der Waals surface area contributed by atoms with Gasteiger partial charge in [-0.2, -0.15) is 0 Å². The van der Waals surface area contributed by atoms with Gasteiger partial charge in [0.2, 0.25) is 11.8 Å². The number of nitrogens with zero attached hydrogens (tertiary/aromatic N) is 7. The van der Waals surface area contributed by atoms with Crippen molar-refractivity contribution >= 4 is 29.1 Å². The average Bonchev–Trinajstić information content (AvgIpc) is 3.70. The molecule has 0 saturated carbocycles. The molecule has 2 amide bonds. The Morgan fingerprint density at radius 2 is 1.80 bits per heavy atom. The second-order valence-electron chi connectivity index (χ2n) is 11.7. The van der Waals surface area contributed by atoms with Gasteiger partial charge in [-0.1, -0.05) is 18.2 Å². The fourth-order valence-corrected chi connectivity index (χ4v) is 6.87. The van der Waals surface area contributed by atoms with E-state index in [1.54, 1.807) is 18.3 Å². The van der Waals surface area contributed by atoms with E-state index in [0.29, 0.717) is 38.2 Å². The number of anilines is 2. The van der Waals surface area contributed by atoms with E-state index >= 15 is 0 Å². The first-order valence-corrected chi connectivity index (χ1v) is 15.2. The number of fused-ring (bicyclic) bond motifs is 1. The van der Waals surface area contributed by atoms with Crippen LogP contribution in [0.15, 0.2) is 60.8 Å². The molecule has 1 N–H and O–H groups in total. The van der Waals surface area contributed by atoms with Gasteiger partial charge in [0.05, 0.1) is 30.5 Å². The molecule has 6 heterocycles. The number of benzene rings is 1. The Morgan fingerprint density at radius 1 is 0.955 bits per heavy atom. The maximum absolute atomic E-state index is 14.0. The summed E-state index contributed by atoms with van der Waals surface area (Å²) in [6.07, 6.45) is 4.40. The van der Waals surface area contributed by atoms with E-state index < -0.39 is 12.0 Å². The molecule has 1 radical (unpaired) electrons. The molecular weight excluding hydrogens is 563 g/mol. The molecule has 2 unspecified atom stereocenters. The first-order chi connectivity index (χ1) is 21.5. The van der Waals surface area contributed by atoms with Crippen molar-refractivity contribution < 1.29 is 19.1 Å². The molecule has 3 fully saturated rings. The Kier molecular flexibility index (Phi) is 7.69. The molecule has 12 heteroatoms. The monoisotopic (exact) mass is 597 g/mol. The van der Waals surface area contributed by atoms with Crippen molar-refractivity contribution in [2.45, 2.75) is 37.8 Å². The molecular formula is C32H34FN8O3. The van der Waals surface area contributed by atoms with Crippen molar-refractivity contribution in [1.82, 2.24) is 29.8 Å². The summed E-state index contributed by atoms with van der Waals surface area (Å²) in [5.41, 5.74) is 3.17. The first kappa shape index (κ1) is 28.4. The summed E-state index contributed by atoms with van der Waals surface area (Å²) in [6.45, 7) is 3.01. The van der Waals surface area contributed by atoms with Crippen LogP contribution in [0.1, 0.15) is 37.3 Å². The molecule has 3 saturated heterocycles. The quantitative estimate of drug-likeness (QED) is 0.323. The van der Waals surface area contributed by atoms with Crippen molar-refractivity contribution in [3.8, 4) is 11.4 Å². The molecule has 4 aromatic rings. The lowest BCUT2D eigenvalue weighted by Crippen LogP contribution is -2.57. The highest BCUT2D eigenvalue weighted by Gasteiger charge is 2.38. The van der Waals surface area contributed by atoms with Crippen LogP contribution in [0.25, 0.3) is 17.0 Å². The summed E-state index contributed by atoms with van der Waals surface area (Å²) < 4.78 is 15.8. The van der Waals surface area contributed by atoms with E-state index in [-0.39, 0.29) is 36.7 Å². The van der Waals surface area contributed by atoms with Crippen molar-refractivity contribution in [3.05, 3.63) is 72.2 Å². The van der Waals surface area contributed by atoms with Gasteiger partial charge >= 0.3 is 0 Å². The van der Waals surface area contributed by atoms with Crippen LogP contribution in [0, 0.1) is 11.7 Å². The Balaban J connectivity index is 1.09. The average molecular weight is 598 g/mol. The number of pyridine rings is 1. The predicted molar refractivity (Wildman–Crippen MR) is 161 cm³/mol. The SMILES string of the molecule is [O]CC(C1CCC(=O)NC1=O)N1CCN(c2cccc(-c3cnc4ccc(N5CCC[C@@H]5c5cccc(F)c5)nn34)n2)CC1. The van der Waals surface area contributed by atoms with Crippen molar-refractivity contribution in [3.63, 3.8) is 0 Å². The minimum absolute atomic E-state index is 0.0546. The Hall–Kier alpha value is -4.42. The molecule has 0 bridgehead atoms. The molecule has 227 valence electrons. The van der Waals surface area contributed by atoms with Crippen LogP contribution in [0.4, 0.5) is 16.0 Å². The lowest BCUT2D eigenvalue weighted by atomic mass is 9.89. The fraction of sp³-hybridized carbons (Fsp3) is 0.406. The first-order valence-electron chi connectivity index (χ1n) is 15.2. The number of aromatic nitrogens is 4. The number of nitrogens with one attached hydrogen (secondary N) is 1. The minimum atomic E-state index is -0.463. The lowest BCUT2D eigenvalue weighted by molar-refractivity contribution is -0.139. The van der Waals surface area contributed by atoms with Crippen LogP contribution in [0.3, 0.4) is 0 Å². The maximum Gasteiger partial charge on any atom is 0.231 e. The number of imidazole rings is 1. The van der Waals surface area contributed by atoms with Gasteiger partial charge in [0, 0.05) is 45.2 Å². The van der Waals surface area contributed by atoms with Gasteiger partial charge in [0.25, 0.3) is 0 Å². The maximum atomic E-state index is 14.0. The van der Waals surface area contributed by atoms with E-state index in [0.717, 1.165) is 48.0 Å². The predicted octanol–water partition coefficient (Wildman–Crippen LogP) is 3.25. The van der Waals surface area contributed by atoms with Crippen LogP contribution >= 0.6 is 0 Å². The van der Waals surface area contributed by atoms with Gasteiger partial charge in [-0.25, -0.2) is 24.0 Å². The highest BCUT2D eigenvalue weighted by molar-refractivity contribution is 5.98. The number of carbonyl (C=O) groups is 2. The molecule has 11 nitrogen and oxygen atoms in total. The Morgan fingerprint density at radius 3 is 2.59 bits per heavy atom. The van der Waals surface area contributed by atoms with E-state index in [4.69, 9.17) is 10.1 Å². The Bertz CT molecular complexity index is 1690. The number of carbonyl (C=O) groups excluding carboxylic acids is 2. The smallest absolute Gasteiger partial charge is 0.231 e. The number of amides is 2. The number of hydrogen-bond donors (Lipinski definition) is 1. The number of imide groups is 1. The van der Waals surface area contributed by atoms with Gasteiger partial charge < -0.3 is 9.80 Å². The third-order valence-corrected chi connectivity index (χ3v) is 9.15. The molecule has 7 rings (SSSR count). The second-order valence-corrected chi connectivity index (χ2v) is 11.7. The van der Waals surface area contributed by atoms with Gasteiger partial charge in [0.15, 0.2) is 5.65 Å². The summed E-state index contributed by atoms with van der Waals surface area (Å²) in [5.74, 6) is 0.321.